The largest absolute Gasteiger partial charge is 0.357 e. The Morgan fingerprint density at radius 1 is 1.30 bits per heavy atom. The van der Waals surface area contributed by atoms with E-state index in [1.807, 2.05) is 18.3 Å². The van der Waals surface area contributed by atoms with Crippen LogP contribution in [0.15, 0.2) is 22.5 Å². The monoisotopic (exact) mass is 566 g/mol. The van der Waals surface area contributed by atoms with Crippen molar-refractivity contribution >= 4 is 52.1 Å². The lowest BCUT2D eigenvalue weighted by atomic mass is 9.88. The Hall–Kier alpha value is -0.190. The van der Waals surface area contributed by atoms with Crippen LogP contribution in [0.4, 0.5) is 0 Å². The Labute approximate surface area is 206 Å². The number of piperidine rings is 1. The van der Waals surface area contributed by atoms with Crippen LogP contribution in [0.1, 0.15) is 63.3 Å². The fraction of sp³-hybridized carbons (Fsp3) is 0.773. The fourth-order valence-electron chi connectivity index (χ4n) is 4.83. The highest BCUT2D eigenvalue weighted by molar-refractivity contribution is 14.0. The van der Waals surface area contributed by atoms with Gasteiger partial charge in [-0.1, -0.05) is 19.4 Å². The van der Waals surface area contributed by atoms with Crippen molar-refractivity contribution in [1.29, 1.82) is 0 Å². The molecule has 1 aliphatic carbocycles. The minimum Gasteiger partial charge on any atom is -0.357 e. The zero-order valence-electron chi connectivity index (χ0n) is 18.6. The van der Waals surface area contributed by atoms with Gasteiger partial charge in [0.05, 0.1) is 0 Å². The molecule has 1 aliphatic heterocycles. The van der Waals surface area contributed by atoms with E-state index in [2.05, 4.69) is 47.0 Å². The molecular formula is C22H39IN4OS2. The smallest absolute Gasteiger partial charge is 0.191 e. The van der Waals surface area contributed by atoms with E-state index >= 15 is 0 Å². The maximum atomic E-state index is 12.3. The fourth-order valence-corrected chi connectivity index (χ4v) is 7.16. The predicted molar refractivity (Wildman–Crippen MR) is 142 cm³/mol. The topological polar surface area (TPSA) is 56.7 Å². The van der Waals surface area contributed by atoms with E-state index in [0.717, 1.165) is 50.5 Å². The molecule has 3 rings (SSSR count). The molecule has 2 aliphatic rings. The highest BCUT2D eigenvalue weighted by Crippen LogP contribution is 2.37. The van der Waals surface area contributed by atoms with Gasteiger partial charge in [-0.25, -0.2) is 0 Å². The summed E-state index contributed by atoms with van der Waals surface area (Å²) >= 11 is 1.86. The lowest BCUT2D eigenvalue weighted by Crippen LogP contribution is -2.47. The first-order valence-electron chi connectivity index (χ1n) is 11.3. The molecule has 30 heavy (non-hydrogen) atoms. The average Bonchev–Trinajstić information content (AvgIpc) is 3.26. The zero-order valence-corrected chi connectivity index (χ0v) is 22.6. The minimum atomic E-state index is -0.691. The van der Waals surface area contributed by atoms with Gasteiger partial charge in [-0.3, -0.25) is 14.1 Å². The molecule has 5 nitrogen and oxygen atoms in total. The van der Waals surface area contributed by atoms with Crippen LogP contribution in [0.3, 0.4) is 0 Å². The molecule has 8 heteroatoms. The number of halogens is 1. The van der Waals surface area contributed by atoms with Crippen LogP contribution in [-0.4, -0.2) is 58.8 Å². The van der Waals surface area contributed by atoms with Crippen molar-refractivity contribution in [3.8, 4) is 0 Å². The van der Waals surface area contributed by atoms with E-state index in [1.54, 1.807) is 0 Å². The minimum absolute atomic E-state index is 0. The summed E-state index contributed by atoms with van der Waals surface area (Å²) in [6.45, 7) is 7.03. The number of hydrogen-bond donors (Lipinski definition) is 2. The molecular weight excluding hydrogens is 527 g/mol. The summed E-state index contributed by atoms with van der Waals surface area (Å²) in [5.74, 6) is 2.25. The number of hydrogen-bond acceptors (Lipinski definition) is 4. The standard InChI is InChI=1S/C22H38N4OS2.HI/c1-4-23-22(25-18-10-6-11-19(15-18)29(27)5-2)24-16-17-9-7-13-26(3)21(17)20-12-8-14-28-20;/h8,12,14,17-19,21H,4-7,9-11,13,15-16H2,1-3H3,(H2,23,24,25);1H. The molecule has 0 bridgehead atoms. The van der Waals surface area contributed by atoms with Crippen molar-refractivity contribution in [3.05, 3.63) is 22.4 Å². The first-order valence-corrected chi connectivity index (χ1v) is 13.5. The molecule has 2 fully saturated rings. The maximum Gasteiger partial charge on any atom is 0.191 e. The second-order valence-corrected chi connectivity index (χ2v) is 11.3. The summed E-state index contributed by atoms with van der Waals surface area (Å²) in [5.41, 5.74) is 0. The van der Waals surface area contributed by atoms with Gasteiger partial charge in [0.1, 0.15) is 0 Å². The summed E-state index contributed by atoms with van der Waals surface area (Å²) in [6, 6.07) is 5.28. The van der Waals surface area contributed by atoms with Crippen LogP contribution in [0.5, 0.6) is 0 Å². The Morgan fingerprint density at radius 2 is 2.13 bits per heavy atom. The third-order valence-corrected chi connectivity index (χ3v) is 8.98. The van der Waals surface area contributed by atoms with Gasteiger partial charge < -0.3 is 10.6 Å². The molecule has 0 aromatic carbocycles. The summed E-state index contributed by atoms with van der Waals surface area (Å²) in [7, 11) is 1.56. The molecule has 5 atom stereocenters. The average molecular weight is 567 g/mol. The quantitative estimate of drug-likeness (QED) is 0.292. The molecule has 0 radical (unpaired) electrons. The van der Waals surface area contributed by atoms with Crippen LogP contribution in [-0.2, 0) is 10.8 Å². The third kappa shape index (κ3) is 7.17. The highest BCUT2D eigenvalue weighted by atomic mass is 127. The lowest BCUT2D eigenvalue weighted by Gasteiger charge is -2.38. The molecule has 0 amide bonds. The van der Waals surface area contributed by atoms with Crippen LogP contribution in [0, 0.1) is 5.92 Å². The first kappa shape index (κ1) is 26.1. The number of thiophene rings is 1. The molecule has 2 heterocycles. The van der Waals surface area contributed by atoms with Crippen molar-refractivity contribution in [2.75, 3.05) is 32.4 Å². The first-order chi connectivity index (χ1) is 14.1. The summed E-state index contributed by atoms with van der Waals surface area (Å²) in [5, 5.41) is 9.62. The summed E-state index contributed by atoms with van der Waals surface area (Å²) < 4.78 is 12.3. The van der Waals surface area contributed by atoms with E-state index in [1.165, 1.54) is 24.3 Å². The van der Waals surface area contributed by atoms with Gasteiger partial charge in [-0.2, -0.15) is 0 Å². The van der Waals surface area contributed by atoms with Gasteiger partial charge in [0.25, 0.3) is 0 Å². The molecule has 1 aromatic rings. The molecule has 1 saturated heterocycles. The Morgan fingerprint density at radius 3 is 2.83 bits per heavy atom. The molecule has 172 valence electrons. The van der Waals surface area contributed by atoms with Crippen LogP contribution >= 0.6 is 35.3 Å². The van der Waals surface area contributed by atoms with Gasteiger partial charge >= 0.3 is 0 Å². The van der Waals surface area contributed by atoms with Gasteiger partial charge in [-0.15, -0.1) is 35.3 Å². The van der Waals surface area contributed by atoms with Gasteiger partial charge in [0.2, 0.25) is 0 Å². The number of nitrogens with zero attached hydrogens (tertiary/aromatic N) is 2. The van der Waals surface area contributed by atoms with E-state index in [0.29, 0.717) is 23.3 Å². The molecule has 2 N–H and O–H groups in total. The van der Waals surface area contributed by atoms with Crippen LogP contribution in [0.25, 0.3) is 0 Å². The van der Waals surface area contributed by atoms with Gasteiger partial charge in [-0.05, 0) is 70.0 Å². The van der Waals surface area contributed by atoms with E-state index < -0.39 is 10.8 Å². The Kier molecular flexibility index (Phi) is 11.6. The van der Waals surface area contributed by atoms with E-state index in [-0.39, 0.29) is 24.0 Å². The second-order valence-electron chi connectivity index (χ2n) is 8.36. The zero-order chi connectivity index (χ0) is 20.6. The van der Waals surface area contributed by atoms with Crippen molar-refractivity contribution in [1.82, 2.24) is 15.5 Å². The summed E-state index contributed by atoms with van der Waals surface area (Å²) in [6.07, 6.45) is 6.87. The molecule has 5 unspecified atom stereocenters. The summed E-state index contributed by atoms with van der Waals surface area (Å²) in [4.78, 5) is 8.97. The third-order valence-electron chi connectivity index (χ3n) is 6.29. The number of aliphatic imine (C=N–C) groups is 1. The SMILES string of the molecule is CCNC(=NCC1CCCN(C)C1c1cccs1)NC1CCCC(S(=O)CC)C1.I. The molecule has 1 saturated carbocycles. The van der Waals surface area contributed by atoms with Crippen LogP contribution in [0.2, 0.25) is 0 Å². The van der Waals surface area contributed by atoms with Crippen molar-refractivity contribution in [2.45, 2.75) is 69.7 Å². The van der Waals surface area contributed by atoms with Gasteiger partial charge in [0, 0.05) is 51.9 Å². The number of guanidine groups is 1. The van der Waals surface area contributed by atoms with Crippen molar-refractivity contribution in [2.24, 2.45) is 10.9 Å². The van der Waals surface area contributed by atoms with Crippen LogP contribution < -0.4 is 10.6 Å². The van der Waals surface area contributed by atoms with E-state index in [9.17, 15) is 4.21 Å². The molecule has 0 spiro atoms. The van der Waals surface area contributed by atoms with Crippen molar-refractivity contribution < 1.29 is 4.21 Å². The number of likely N-dealkylation sites (tertiary alicyclic amines) is 1. The van der Waals surface area contributed by atoms with E-state index in [4.69, 9.17) is 4.99 Å². The predicted octanol–water partition coefficient (Wildman–Crippen LogP) is 4.38. The number of nitrogens with one attached hydrogen (secondary N) is 2. The molecule has 1 aromatic heterocycles. The van der Waals surface area contributed by atoms with Crippen molar-refractivity contribution in [3.63, 3.8) is 0 Å². The Balaban J connectivity index is 0.00000320. The lowest BCUT2D eigenvalue weighted by molar-refractivity contribution is 0.128. The maximum absolute atomic E-state index is 12.3. The normalized spacial score (nSPS) is 29.1. The van der Waals surface area contributed by atoms with Gasteiger partial charge in [0.15, 0.2) is 5.96 Å². The highest BCUT2D eigenvalue weighted by Gasteiger charge is 2.31. The number of rotatable bonds is 7. The second kappa shape index (κ2) is 13.4. The Bertz CT molecular complexity index is 670.